The van der Waals surface area contributed by atoms with Gasteiger partial charge in [-0.1, -0.05) is 24.3 Å². The van der Waals surface area contributed by atoms with E-state index >= 15 is 0 Å². The molecule has 1 unspecified atom stereocenters. The highest BCUT2D eigenvalue weighted by Crippen LogP contribution is 2.26. The molecular weight excluding hydrogens is 264 g/mol. The predicted octanol–water partition coefficient (Wildman–Crippen LogP) is 3.51. The Bertz CT molecular complexity index is 558. The van der Waals surface area contributed by atoms with Crippen molar-refractivity contribution in [3.63, 3.8) is 0 Å². The molecule has 0 bridgehead atoms. The number of benzene rings is 1. The van der Waals surface area contributed by atoms with Crippen LogP contribution in [0.1, 0.15) is 31.4 Å². The third-order valence-corrected chi connectivity index (χ3v) is 3.51. The lowest BCUT2D eigenvalue weighted by atomic mass is 10.1. The Morgan fingerprint density at radius 1 is 1.24 bits per heavy atom. The monoisotopic (exact) mass is 284 g/mol. The van der Waals surface area contributed by atoms with E-state index in [1.807, 2.05) is 48.7 Å². The van der Waals surface area contributed by atoms with Gasteiger partial charge >= 0.3 is 5.97 Å². The maximum atomic E-state index is 10.7. The highest BCUT2D eigenvalue weighted by molar-refractivity contribution is 5.66. The number of carboxylic acid groups (broad SMARTS) is 1. The van der Waals surface area contributed by atoms with Crippen LogP contribution < -0.4 is 4.90 Å². The first-order chi connectivity index (χ1) is 10.2. The number of hydrogen-bond donors (Lipinski definition) is 1. The fraction of sp³-hybridized carbons (Fsp3) is 0.294. The lowest BCUT2D eigenvalue weighted by Gasteiger charge is -2.31. The molecule has 0 fully saturated rings. The third-order valence-electron chi connectivity index (χ3n) is 3.51. The van der Waals surface area contributed by atoms with E-state index in [1.165, 1.54) is 0 Å². The average Bonchev–Trinajstić information content (AvgIpc) is 2.52. The Balaban J connectivity index is 2.17. The normalized spacial score (nSPS) is 11.9. The maximum absolute atomic E-state index is 10.7. The van der Waals surface area contributed by atoms with Crippen molar-refractivity contribution >= 4 is 11.7 Å². The standard InChI is InChI=1S/C17H20N2O2/c1-14(15-7-5-11-18-13-15)19(12-6-10-17(20)21)16-8-3-2-4-9-16/h2-5,7-9,11,13-14H,6,10,12H2,1H3,(H,20,21). The van der Waals surface area contributed by atoms with E-state index in [0.29, 0.717) is 13.0 Å². The van der Waals surface area contributed by atoms with E-state index in [9.17, 15) is 4.79 Å². The summed E-state index contributed by atoms with van der Waals surface area (Å²) in [6.45, 7) is 2.82. The van der Waals surface area contributed by atoms with Gasteiger partial charge in [-0.25, -0.2) is 0 Å². The lowest BCUT2D eigenvalue weighted by molar-refractivity contribution is -0.137. The van der Waals surface area contributed by atoms with Crippen molar-refractivity contribution in [2.24, 2.45) is 0 Å². The molecule has 0 saturated carbocycles. The molecule has 2 rings (SSSR count). The van der Waals surface area contributed by atoms with Gasteiger partial charge in [-0.05, 0) is 37.1 Å². The molecule has 0 amide bonds. The van der Waals surface area contributed by atoms with Crippen LogP contribution >= 0.6 is 0 Å². The van der Waals surface area contributed by atoms with Gasteiger partial charge in [0.25, 0.3) is 0 Å². The van der Waals surface area contributed by atoms with Crippen LogP contribution in [0, 0.1) is 0 Å². The maximum Gasteiger partial charge on any atom is 0.303 e. The molecule has 0 aliphatic heterocycles. The molecule has 1 atom stereocenters. The average molecular weight is 284 g/mol. The van der Waals surface area contributed by atoms with Gasteiger partial charge in [-0.2, -0.15) is 0 Å². The molecule has 1 aromatic heterocycles. The Labute approximate surface area is 125 Å². The lowest BCUT2D eigenvalue weighted by Crippen LogP contribution is -2.28. The number of carbonyl (C=O) groups is 1. The number of para-hydroxylation sites is 1. The van der Waals surface area contributed by atoms with Crippen LogP contribution in [0.25, 0.3) is 0 Å². The second kappa shape index (κ2) is 7.43. The molecule has 21 heavy (non-hydrogen) atoms. The van der Waals surface area contributed by atoms with Gasteiger partial charge in [0.15, 0.2) is 0 Å². The van der Waals surface area contributed by atoms with E-state index in [1.54, 1.807) is 6.20 Å². The largest absolute Gasteiger partial charge is 0.481 e. The SMILES string of the molecule is CC(c1cccnc1)N(CCCC(=O)O)c1ccccc1. The number of anilines is 1. The molecule has 2 aromatic rings. The van der Waals surface area contributed by atoms with Crippen LogP contribution in [-0.4, -0.2) is 22.6 Å². The van der Waals surface area contributed by atoms with Crippen LogP contribution in [0.2, 0.25) is 0 Å². The molecule has 0 radical (unpaired) electrons. The molecule has 1 heterocycles. The van der Waals surface area contributed by atoms with Crippen LogP contribution in [0.3, 0.4) is 0 Å². The van der Waals surface area contributed by atoms with Gasteiger partial charge in [0.2, 0.25) is 0 Å². The number of aromatic nitrogens is 1. The molecular formula is C17H20N2O2. The summed E-state index contributed by atoms with van der Waals surface area (Å²) >= 11 is 0. The Morgan fingerprint density at radius 2 is 2.00 bits per heavy atom. The number of nitrogens with zero attached hydrogens (tertiary/aromatic N) is 2. The molecule has 0 saturated heterocycles. The van der Waals surface area contributed by atoms with Crippen molar-refractivity contribution in [3.05, 3.63) is 60.4 Å². The fourth-order valence-electron chi connectivity index (χ4n) is 2.37. The van der Waals surface area contributed by atoms with Crippen molar-refractivity contribution in [1.82, 2.24) is 4.98 Å². The van der Waals surface area contributed by atoms with Crippen molar-refractivity contribution in [2.45, 2.75) is 25.8 Å². The van der Waals surface area contributed by atoms with Crippen molar-refractivity contribution in [3.8, 4) is 0 Å². The zero-order valence-corrected chi connectivity index (χ0v) is 12.1. The van der Waals surface area contributed by atoms with Crippen molar-refractivity contribution in [1.29, 1.82) is 0 Å². The van der Waals surface area contributed by atoms with E-state index in [0.717, 1.165) is 11.3 Å². The van der Waals surface area contributed by atoms with Gasteiger partial charge in [-0.3, -0.25) is 9.78 Å². The minimum atomic E-state index is -0.753. The molecule has 0 aliphatic carbocycles. The summed E-state index contributed by atoms with van der Waals surface area (Å²) in [6, 6.07) is 14.2. The summed E-state index contributed by atoms with van der Waals surface area (Å²) in [6.07, 6.45) is 4.42. The first-order valence-electron chi connectivity index (χ1n) is 7.12. The number of hydrogen-bond acceptors (Lipinski definition) is 3. The number of pyridine rings is 1. The first-order valence-corrected chi connectivity index (χ1v) is 7.12. The number of rotatable bonds is 7. The minimum absolute atomic E-state index is 0.148. The second-order valence-corrected chi connectivity index (χ2v) is 4.99. The summed E-state index contributed by atoms with van der Waals surface area (Å²) in [5.41, 5.74) is 2.22. The molecule has 0 spiro atoms. The Morgan fingerprint density at radius 3 is 2.62 bits per heavy atom. The summed E-state index contributed by atoms with van der Waals surface area (Å²) in [7, 11) is 0. The first kappa shape index (κ1) is 15.0. The highest BCUT2D eigenvalue weighted by Gasteiger charge is 2.16. The van der Waals surface area contributed by atoms with Gasteiger partial charge < -0.3 is 10.0 Å². The number of aliphatic carboxylic acids is 1. The fourth-order valence-corrected chi connectivity index (χ4v) is 2.37. The van der Waals surface area contributed by atoms with Gasteiger partial charge in [0.05, 0.1) is 6.04 Å². The summed E-state index contributed by atoms with van der Waals surface area (Å²) in [5.74, 6) is -0.753. The zero-order chi connectivity index (χ0) is 15.1. The predicted molar refractivity (Wildman–Crippen MR) is 83.3 cm³/mol. The van der Waals surface area contributed by atoms with Crippen molar-refractivity contribution in [2.75, 3.05) is 11.4 Å². The van der Waals surface area contributed by atoms with Crippen molar-refractivity contribution < 1.29 is 9.90 Å². The topological polar surface area (TPSA) is 53.4 Å². The van der Waals surface area contributed by atoms with Crippen LogP contribution in [0.15, 0.2) is 54.9 Å². The number of carboxylic acids is 1. The third kappa shape index (κ3) is 4.31. The zero-order valence-electron chi connectivity index (χ0n) is 12.1. The molecule has 1 aromatic carbocycles. The molecule has 1 N–H and O–H groups in total. The Hall–Kier alpha value is -2.36. The summed E-state index contributed by atoms with van der Waals surface area (Å²) in [4.78, 5) is 17.1. The Kier molecular flexibility index (Phi) is 5.32. The smallest absolute Gasteiger partial charge is 0.303 e. The molecule has 4 heteroatoms. The van der Waals surface area contributed by atoms with Crippen LogP contribution in [-0.2, 0) is 4.79 Å². The van der Waals surface area contributed by atoms with E-state index in [2.05, 4.69) is 16.8 Å². The second-order valence-electron chi connectivity index (χ2n) is 4.99. The van der Waals surface area contributed by atoms with Gasteiger partial charge in [0.1, 0.15) is 0 Å². The van der Waals surface area contributed by atoms with E-state index in [4.69, 9.17) is 5.11 Å². The van der Waals surface area contributed by atoms with E-state index in [-0.39, 0.29) is 12.5 Å². The van der Waals surface area contributed by atoms with E-state index < -0.39 is 5.97 Å². The van der Waals surface area contributed by atoms with Gasteiger partial charge in [-0.15, -0.1) is 0 Å². The summed E-state index contributed by atoms with van der Waals surface area (Å²) < 4.78 is 0. The van der Waals surface area contributed by atoms with Crippen LogP contribution in [0.4, 0.5) is 5.69 Å². The quantitative estimate of drug-likeness (QED) is 0.845. The molecule has 4 nitrogen and oxygen atoms in total. The molecule has 110 valence electrons. The van der Waals surface area contributed by atoms with Crippen LogP contribution in [0.5, 0.6) is 0 Å². The minimum Gasteiger partial charge on any atom is -0.481 e. The molecule has 0 aliphatic rings. The summed E-state index contributed by atoms with van der Waals surface area (Å²) in [5, 5.41) is 8.82. The highest BCUT2D eigenvalue weighted by atomic mass is 16.4. The van der Waals surface area contributed by atoms with Gasteiger partial charge in [0, 0.05) is 31.0 Å².